The molecule has 2 heterocycles. The Labute approximate surface area is 157 Å². The van der Waals surface area contributed by atoms with Crippen molar-refractivity contribution in [1.82, 2.24) is 19.7 Å². The van der Waals surface area contributed by atoms with Gasteiger partial charge in [-0.1, -0.05) is 18.2 Å². The fourth-order valence-electron chi connectivity index (χ4n) is 3.60. The van der Waals surface area contributed by atoms with Gasteiger partial charge in [-0.2, -0.15) is 5.10 Å². The molecular formula is C21H22FN5. The third kappa shape index (κ3) is 3.61. The third-order valence-electron chi connectivity index (χ3n) is 4.76. The van der Waals surface area contributed by atoms with Crippen molar-refractivity contribution < 1.29 is 4.39 Å². The number of imidazole rings is 1. The van der Waals surface area contributed by atoms with E-state index in [0.29, 0.717) is 13.0 Å². The molecule has 0 saturated carbocycles. The molecule has 0 fully saturated rings. The van der Waals surface area contributed by atoms with Gasteiger partial charge >= 0.3 is 0 Å². The zero-order valence-corrected chi connectivity index (χ0v) is 15.4. The molecule has 6 heteroatoms. The van der Waals surface area contributed by atoms with Gasteiger partial charge in [-0.3, -0.25) is 5.10 Å². The summed E-state index contributed by atoms with van der Waals surface area (Å²) >= 11 is 0. The third-order valence-corrected chi connectivity index (χ3v) is 4.76. The Hall–Kier alpha value is -2.99. The van der Waals surface area contributed by atoms with Crippen LogP contribution in [0.25, 0.3) is 10.9 Å². The number of nitrogens with one attached hydrogen (secondary N) is 1. The number of aromatic nitrogens is 4. The average Bonchev–Trinajstić information content (AvgIpc) is 3.21. The van der Waals surface area contributed by atoms with E-state index in [1.54, 1.807) is 12.1 Å². The van der Waals surface area contributed by atoms with Gasteiger partial charge in [0.2, 0.25) is 0 Å². The maximum atomic E-state index is 13.5. The molecule has 138 valence electrons. The van der Waals surface area contributed by atoms with Crippen molar-refractivity contribution in [1.29, 1.82) is 0 Å². The predicted molar refractivity (Wildman–Crippen MR) is 104 cm³/mol. The van der Waals surface area contributed by atoms with Crippen molar-refractivity contribution >= 4 is 10.9 Å². The SMILES string of the molecule is Cc1cn(Cc2cccc(F)c2)c(C(N)Cc2cc(C)c3[nH]ncc3c2)n1. The van der Waals surface area contributed by atoms with Gasteiger partial charge in [-0.15, -0.1) is 0 Å². The van der Waals surface area contributed by atoms with Gasteiger partial charge in [0.15, 0.2) is 0 Å². The Morgan fingerprint density at radius 3 is 2.85 bits per heavy atom. The fourth-order valence-corrected chi connectivity index (χ4v) is 3.60. The van der Waals surface area contributed by atoms with Crippen LogP contribution in [0.3, 0.4) is 0 Å². The number of benzene rings is 2. The van der Waals surface area contributed by atoms with Crippen molar-refractivity contribution in [2.45, 2.75) is 32.9 Å². The van der Waals surface area contributed by atoms with Gasteiger partial charge in [0.05, 0.1) is 23.4 Å². The van der Waals surface area contributed by atoms with E-state index in [0.717, 1.165) is 39.1 Å². The highest BCUT2D eigenvalue weighted by Crippen LogP contribution is 2.23. The van der Waals surface area contributed by atoms with E-state index in [-0.39, 0.29) is 11.9 Å². The number of hydrogen-bond donors (Lipinski definition) is 2. The molecule has 0 radical (unpaired) electrons. The van der Waals surface area contributed by atoms with E-state index >= 15 is 0 Å². The van der Waals surface area contributed by atoms with E-state index in [1.807, 2.05) is 30.0 Å². The predicted octanol–water partition coefficient (Wildman–Crippen LogP) is 3.81. The van der Waals surface area contributed by atoms with Gasteiger partial charge in [-0.05, 0) is 55.2 Å². The first kappa shape index (κ1) is 17.4. The van der Waals surface area contributed by atoms with Crippen molar-refractivity contribution in [3.8, 4) is 0 Å². The molecule has 27 heavy (non-hydrogen) atoms. The van der Waals surface area contributed by atoms with Gasteiger partial charge in [0.25, 0.3) is 0 Å². The maximum Gasteiger partial charge on any atom is 0.126 e. The first-order valence-electron chi connectivity index (χ1n) is 8.96. The number of nitrogens with two attached hydrogens (primary N) is 1. The number of nitrogens with zero attached hydrogens (tertiary/aromatic N) is 3. The molecule has 0 aliphatic rings. The highest BCUT2D eigenvalue weighted by Gasteiger charge is 2.16. The number of rotatable bonds is 5. The van der Waals surface area contributed by atoms with Crippen LogP contribution in [-0.2, 0) is 13.0 Å². The smallest absolute Gasteiger partial charge is 0.126 e. The van der Waals surface area contributed by atoms with Crippen LogP contribution in [0.5, 0.6) is 0 Å². The number of aryl methyl sites for hydroxylation is 2. The molecule has 2 aromatic carbocycles. The summed E-state index contributed by atoms with van der Waals surface area (Å²) in [7, 11) is 0. The topological polar surface area (TPSA) is 72.5 Å². The molecule has 0 bridgehead atoms. The standard InChI is InChI=1S/C21H22FN5/c1-13-6-16(7-17-10-24-26-20(13)17)9-19(23)21-25-14(2)11-27(21)12-15-4-3-5-18(22)8-15/h3-8,10-11,19H,9,12,23H2,1-2H3,(H,24,26). The maximum absolute atomic E-state index is 13.5. The summed E-state index contributed by atoms with van der Waals surface area (Å²) in [6, 6.07) is 10.6. The lowest BCUT2D eigenvalue weighted by Gasteiger charge is -2.15. The number of halogens is 1. The van der Waals surface area contributed by atoms with Gasteiger partial charge < -0.3 is 10.3 Å². The van der Waals surface area contributed by atoms with E-state index in [1.165, 1.54) is 6.07 Å². The normalized spacial score (nSPS) is 12.6. The van der Waals surface area contributed by atoms with Crippen LogP contribution in [0.4, 0.5) is 4.39 Å². The second-order valence-electron chi connectivity index (χ2n) is 7.06. The molecule has 1 atom stereocenters. The summed E-state index contributed by atoms with van der Waals surface area (Å²) in [6.07, 6.45) is 4.46. The Bertz CT molecular complexity index is 1100. The fraction of sp³-hybridized carbons (Fsp3) is 0.238. The molecule has 1 unspecified atom stereocenters. The monoisotopic (exact) mass is 363 g/mol. The lowest BCUT2D eigenvalue weighted by molar-refractivity contribution is 0.602. The summed E-state index contributed by atoms with van der Waals surface area (Å²) in [5.41, 5.74) is 11.6. The highest BCUT2D eigenvalue weighted by atomic mass is 19.1. The van der Waals surface area contributed by atoms with Gasteiger partial charge in [-0.25, -0.2) is 9.37 Å². The van der Waals surface area contributed by atoms with Gasteiger partial charge in [0.1, 0.15) is 11.6 Å². The first-order valence-corrected chi connectivity index (χ1v) is 8.96. The average molecular weight is 363 g/mol. The molecule has 4 rings (SSSR count). The molecule has 0 amide bonds. The first-order chi connectivity index (χ1) is 13.0. The zero-order valence-electron chi connectivity index (χ0n) is 15.4. The molecule has 3 N–H and O–H groups in total. The van der Waals surface area contributed by atoms with Crippen molar-refractivity contribution in [2.24, 2.45) is 5.73 Å². The van der Waals surface area contributed by atoms with Crippen LogP contribution in [-0.4, -0.2) is 19.7 Å². The van der Waals surface area contributed by atoms with Crippen LogP contribution >= 0.6 is 0 Å². The summed E-state index contributed by atoms with van der Waals surface area (Å²) in [5.74, 6) is 0.570. The number of hydrogen-bond acceptors (Lipinski definition) is 3. The minimum Gasteiger partial charge on any atom is -0.329 e. The van der Waals surface area contributed by atoms with Gasteiger partial charge in [0, 0.05) is 18.1 Å². The van der Waals surface area contributed by atoms with E-state index in [2.05, 4.69) is 34.2 Å². The summed E-state index contributed by atoms with van der Waals surface area (Å²) in [6.45, 7) is 4.55. The summed E-state index contributed by atoms with van der Waals surface area (Å²) < 4.78 is 15.5. The van der Waals surface area contributed by atoms with Crippen LogP contribution < -0.4 is 5.73 Å². The van der Waals surface area contributed by atoms with Crippen LogP contribution in [0.1, 0.15) is 34.3 Å². The van der Waals surface area contributed by atoms with Crippen LogP contribution in [0, 0.1) is 19.7 Å². The second kappa shape index (κ2) is 6.96. The van der Waals surface area contributed by atoms with E-state index < -0.39 is 0 Å². The highest BCUT2D eigenvalue weighted by molar-refractivity contribution is 5.81. The Balaban J connectivity index is 1.60. The van der Waals surface area contributed by atoms with Crippen molar-refractivity contribution in [2.75, 3.05) is 0 Å². The molecule has 0 aliphatic heterocycles. The van der Waals surface area contributed by atoms with Crippen molar-refractivity contribution in [3.63, 3.8) is 0 Å². The molecule has 4 aromatic rings. The zero-order chi connectivity index (χ0) is 19.0. The van der Waals surface area contributed by atoms with Crippen molar-refractivity contribution in [3.05, 3.63) is 82.8 Å². The van der Waals surface area contributed by atoms with Crippen LogP contribution in [0.2, 0.25) is 0 Å². The number of aromatic amines is 1. The minimum atomic E-state index is -0.254. The Morgan fingerprint density at radius 1 is 1.19 bits per heavy atom. The second-order valence-corrected chi connectivity index (χ2v) is 7.06. The van der Waals surface area contributed by atoms with E-state index in [4.69, 9.17) is 5.73 Å². The molecular weight excluding hydrogens is 341 g/mol. The molecule has 2 aromatic heterocycles. The largest absolute Gasteiger partial charge is 0.329 e. The quantitative estimate of drug-likeness (QED) is 0.566. The minimum absolute atomic E-state index is 0.237. The number of fused-ring (bicyclic) bond motifs is 1. The molecule has 0 spiro atoms. The molecule has 0 saturated heterocycles. The summed E-state index contributed by atoms with van der Waals surface area (Å²) in [4.78, 5) is 4.63. The van der Waals surface area contributed by atoms with E-state index in [9.17, 15) is 4.39 Å². The Kier molecular flexibility index (Phi) is 4.49. The van der Waals surface area contributed by atoms with Crippen LogP contribution in [0.15, 0.2) is 48.8 Å². The lowest BCUT2D eigenvalue weighted by atomic mass is 10.0. The summed E-state index contributed by atoms with van der Waals surface area (Å²) in [5, 5.41) is 8.20. The molecule has 0 aliphatic carbocycles. The molecule has 5 nitrogen and oxygen atoms in total. The Morgan fingerprint density at radius 2 is 2.04 bits per heavy atom. The number of H-pyrrole nitrogens is 1. The lowest BCUT2D eigenvalue weighted by Crippen LogP contribution is -2.19.